The molecule has 0 amide bonds. The Morgan fingerprint density at radius 2 is 1.94 bits per heavy atom. The summed E-state index contributed by atoms with van der Waals surface area (Å²) in [6.45, 7) is 5.85. The fourth-order valence-electron chi connectivity index (χ4n) is 1.95. The van der Waals surface area contributed by atoms with Crippen LogP contribution >= 0.6 is 0 Å². The molecule has 1 N–H and O–H groups in total. The van der Waals surface area contributed by atoms with E-state index < -0.39 is 9.84 Å². The zero-order valence-corrected chi connectivity index (χ0v) is 11.5. The highest BCUT2D eigenvalue weighted by Crippen LogP contribution is 2.11. The Morgan fingerprint density at radius 3 is 2.41 bits per heavy atom. The van der Waals surface area contributed by atoms with Crippen LogP contribution in [0, 0.1) is 0 Å². The molecule has 1 rings (SSSR count). The van der Waals surface area contributed by atoms with Crippen molar-refractivity contribution in [2.45, 2.75) is 39.0 Å². The largest absolute Gasteiger partial charge is 0.353 e. The van der Waals surface area contributed by atoms with Crippen molar-refractivity contribution < 1.29 is 17.9 Å². The predicted molar refractivity (Wildman–Crippen MR) is 66.7 cm³/mol. The van der Waals surface area contributed by atoms with Crippen molar-refractivity contribution in [2.75, 3.05) is 31.3 Å². The van der Waals surface area contributed by atoms with E-state index >= 15 is 0 Å². The quantitative estimate of drug-likeness (QED) is 0.649. The molecule has 0 aromatic rings. The van der Waals surface area contributed by atoms with Crippen LogP contribution in [0.3, 0.4) is 0 Å². The average Bonchev–Trinajstić information content (AvgIpc) is 2.59. The first kappa shape index (κ1) is 14.9. The van der Waals surface area contributed by atoms with Gasteiger partial charge in [0.1, 0.15) is 0 Å². The molecule has 1 unspecified atom stereocenters. The minimum Gasteiger partial charge on any atom is -0.353 e. The van der Waals surface area contributed by atoms with Crippen LogP contribution in [0.4, 0.5) is 0 Å². The molecule has 1 aliphatic rings. The molecule has 0 spiro atoms. The maximum absolute atomic E-state index is 11.3. The Morgan fingerprint density at radius 1 is 1.29 bits per heavy atom. The third-order valence-corrected chi connectivity index (χ3v) is 4.52. The highest BCUT2D eigenvalue weighted by molar-refractivity contribution is 7.91. The Bertz CT molecular complexity index is 299. The minimum atomic E-state index is -2.79. The van der Waals surface area contributed by atoms with Crippen LogP contribution in [0.25, 0.3) is 0 Å². The van der Waals surface area contributed by atoms with Crippen molar-refractivity contribution in [1.82, 2.24) is 5.32 Å². The van der Waals surface area contributed by atoms with Gasteiger partial charge in [0.15, 0.2) is 16.1 Å². The number of hydrogen-bond donors (Lipinski definition) is 1. The van der Waals surface area contributed by atoms with Gasteiger partial charge in [-0.05, 0) is 20.3 Å². The number of hydrogen-bond acceptors (Lipinski definition) is 5. The van der Waals surface area contributed by atoms with Crippen molar-refractivity contribution in [3.8, 4) is 0 Å². The zero-order chi connectivity index (χ0) is 12.7. The third-order valence-electron chi connectivity index (χ3n) is 2.75. The zero-order valence-electron chi connectivity index (χ0n) is 10.6. The molecule has 1 aliphatic heterocycles. The van der Waals surface area contributed by atoms with E-state index in [1.54, 1.807) is 0 Å². The van der Waals surface area contributed by atoms with Gasteiger partial charge in [-0.2, -0.15) is 0 Å². The Labute approximate surface area is 104 Å². The van der Waals surface area contributed by atoms with Crippen molar-refractivity contribution >= 4 is 9.84 Å². The van der Waals surface area contributed by atoms with Gasteiger partial charge in [-0.3, -0.25) is 0 Å². The first-order valence-electron chi connectivity index (χ1n) is 6.24. The molecule has 5 nitrogen and oxygen atoms in total. The van der Waals surface area contributed by atoms with E-state index in [-0.39, 0.29) is 18.1 Å². The highest BCUT2D eigenvalue weighted by Gasteiger charge is 2.27. The maximum atomic E-state index is 11.3. The van der Waals surface area contributed by atoms with E-state index in [0.29, 0.717) is 19.0 Å². The van der Waals surface area contributed by atoms with Crippen LogP contribution in [0.1, 0.15) is 26.7 Å². The van der Waals surface area contributed by atoms with Crippen LogP contribution in [-0.2, 0) is 19.3 Å². The third kappa shape index (κ3) is 5.81. The molecular formula is C11H23NO4S. The summed E-state index contributed by atoms with van der Waals surface area (Å²) in [5.41, 5.74) is 0. The van der Waals surface area contributed by atoms with Gasteiger partial charge in [0.25, 0.3) is 0 Å². The summed E-state index contributed by atoms with van der Waals surface area (Å²) in [4.78, 5) is 0. The van der Waals surface area contributed by atoms with Crippen molar-refractivity contribution in [1.29, 1.82) is 0 Å². The van der Waals surface area contributed by atoms with E-state index in [4.69, 9.17) is 9.47 Å². The standard InChI is InChI=1S/C11H23NO4S/c1-3-15-11(16-4-2)5-7-12-10-6-8-17(13,14)9-10/h10-12H,3-9H2,1-2H3. The van der Waals surface area contributed by atoms with E-state index in [1.807, 2.05) is 13.8 Å². The van der Waals surface area contributed by atoms with Gasteiger partial charge in [0, 0.05) is 32.2 Å². The molecule has 1 atom stereocenters. The first-order valence-corrected chi connectivity index (χ1v) is 8.06. The molecule has 17 heavy (non-hydrogen) atoms. The summed E-state index contributed by atoms with van der Waals surface area (Å²) in [6, 6.07) is 0.101. The van der Waals surface area contributed by atoms with E-state index in [2.05, 4.69) is 5.32 Å². The molecule has 0 aliphatic carbocycles. The van der Waals surface area contributed by atoms with E-state index in [9.17, 15) is 8.42 Å². The highest BCUT2D eigenvalue weighted by atomic mass is 32.2. The van der Waals surface area contributed by atoms with Crippen LogP contribution in [-0.4, -0.2) is 52.0 Å². The van der Waals surface area contributed by atoms with Gasteiger partial charge in [-0.1, -0.05) is 0 Å². The summed E-state index contributed by atoms with van der Waals surface area (Å²) >= 11 is 0. The molecule has 1 fully saturated rings. The monoisotopic (exact) mass is 265 g/mol. The summed E-state index contributed by atoms with van der Waals surface area (Å²) in [6.07, 6.45) is 1.28. The molecule has 1 saturated heterocycles. The molecule has 102 valence electrons. The van der Waals surface area contributed by atoms with Crippen LogP contribution in [0.15, 0.2) is 0 Å². The predicted octanol–water partition coefficient (Wildman–Crippen LogP) is 0.552. The molecule has 0 aromatic heterocycles. The minimum absolute atomic E-state index is 0.101. The number of ether oxygens (including phenoxy) is 2. The fraction of sp³-hybridized carbons (Fsp3) is 1.00. The number of nitrogens with one attached hydrogen (secondary N) is 1. The van der Waals surface area contributed by atoms with Crippen LogP contribution in [0.5, 0.6) is 0 Å². The average molecular weight is 265 g/mol. The first-order chi connectivity index (χ1) is 8.07. The molecule has 0 saturated carbocycles. The van der Waals surface area contributed by atoms with E-state index in [1.165, 1.54) is 0 Å². The molecule has 0 aromatic carbocycles. The second-order valence-corrected chi connectivity index (χ2v) is 6.41. The molecule has 6 heteroatoms. The van der Waals surface area contributed by atoms with Gasteiger partial charge >= 0.3 is 0 Å². The topological polar surface area (TPSA) is 64.6 Å². The molecule has 0 radical (unpaired) electrons. The maximum Gasteiger partial charge on any atom is 0.158 e. The summed E-state index contributed by atoms with van der Waals surface area (Å²) in [5, 5.41) is 3.25. The summed E-state index contributed by atoms with van der Waals surface area (Å²) in [7, 11) is -2.79. The Kier molecular flexibility index (Phi) is 6.40. The van der Waals surface area contributed by atoms with Gasteiger partial charge in [-0.15, -0.1) is 0 Å². The van der Waals surface area contributed by atoms with Crippen LogP contribution in [0.2, 0.25) is 0 Å². The second-order valence-electron chi connectivity index (χ2n) is 4.18. The molecular weight excluding hydrogens is 242 g/mol. The van der Waals surface area contributed by atoms with E-state index in [0.717, 1.165) is 19.4 Å². The second kappa shape index (κ2) is 7.31. The SMILES string of the molecule is CCOC(CCNC1CCS(=O)(=O)C1)OCC. The smallest absolute Gasteiger partial charge is 0.158 e. The van der Waals surface area contributed by atoms with Crippen molar-refractivity contribution in [3.05, 3.63) is 0 Å². The fourth-order valence-corrected chi connectivity index (χ4v) is 3.66. The number of sulfone groups is 1. The normalized spacial score (nSPS) is 23.4. The van der Waals surface area contributed by atoms with Gasteiger partial charge in [-0.25, -0.2) is 8.42 Å². The van der Waals surface area contributed by atoms with Gasteiger partial charge < -0.3 is 14.8 Å². The Balaban J connectivity index is 2.18. The lowest BCUT2D eigenvalue weighted by Gasteiger charge is -2.18. The number of rotatable bonds is 8. The lowest BCUT2D eigenvalue weighted by Crippen LogP contribution is -2.33. The van der Waals surface area contributed by atoms with Crippen molar-refractivity contribution in [2.24, 2.45) is 0 Å². The Hall–Kier alpha value is -0.170. The molecule has 0 bridgehead atoms. The van der Waals surface area contributed by atoms with Gasteiger partial charge in [0.2, 0.25) is 0 Å². The lowest BCUT2D eigenvalue weighted by molar-refractivity contribution is -0.138. The van der Waals surface area contributed by atoms with Crippen LogP contribution < -0.4 is 5.32 Å². The van der Waals surface area contributed by atoms with Crippen molar-refractivity contribution in [3.63, 3.8) is 0 Å². The summed E-state index contributed by atoms with van der Waals surface area (Å²) < 4.78 is 33.3. The molecule has 1 heterocycles. The summed E-state index contributed by atoms with van der Waals surface area (Å²) in [5.74, 6) is 0.575. The lowest BCUT2D eigenvalue weighted by atomic mass is 10.2. The van der Waals surface area contributed by atoms with Gasteiger partial charge in [0.05, 0.1) is 11.5 Å².